The third-order valence-corrected chi connectivity index (χ3v) is 3.50. The van der Waals surface area contributed by atoms with Crippen LogP contribution in [0.15, 0.2) is 60.2 Å². The first-order valence-corrected chi connectivity index (χ1v) is 6.39. The fourth-order valence-corrected chi connectivity index (χ4v) is 2.60. The second kappa shape index (κ2) is 4.82. The molecule has 2 heteroatoms. The maximum atomic E-state index is 12.5. The number of hydrogen-bond acceptors (Lipinski definition) is 2. The largest absolute Gasteiger partial charge is 0.309 e. The molecule has 1 aliphatic carbocycles. The Kier molecular flexibility index (Phi) is 3.02. The quantitative estimate of drug-likeness (QED) is 0.828. The van der Waals surface area contributed by atoms with Crippen LogP contribution in [-0.4, -0.2) is 12.8 Å². The highest BCUT2D eigenvalue weighted by atomic mass is 16.1. The number of carbonyl (C=O) groups is 1. The van der Waals surface area contributed by atoms with Crippen molar-refractivity contribution in [3.8, 4) is 0 Å². The highest BCUT2D eigenvalue weighted by Crippen LogP contribution is 2.36. The van der Waals surface area contributed by atoms with E-state index in [0.717, 1.165) is 22.3 Å². The van der Waals surface area contributed by atoms with Crippen molar-refractivity contribution in [1.82, 2.24) is 5.32 Å². The van der Waals surface area contributed by atoms with Crippen LogP contribution in [0.4, 0.5) is 0 Å². The lowest BCUT2D eigenvalue weighted by atomic mass is 10.0. The van der Waals surface area contributed by atoms with Crippen molar-refractivity contribution < 1.29 is 4.79 Å². The molecule has 0 amide bonds. The second-order valence-corrected chi connectivity index (χ2v) is 4.65. The summed E-state index contributed by atoms with van der Waals surface area (Å²) in [6.07, 6.45) is 1.98. The highest BCUT2D eigenvalue weighted by molar-refractivity contribution is 6.16. The van der Waals surface area contributed by atoms with Gasteiger partial charge in [-0.1, -0.05) is 54.6 Å². The summed E-state index contributed by atoms with van der Waals surface area (Å²) >= 11 is 0. The molecule has 0 saturated heterocycles. The Morgan fingerprint density at radius 2 is 1.68 bits per heavy atom. The first kappa shape index (κ1) is 11.9. The minimum Gasteiger partial charge on any atom is -0.309 e. The van der Waals surface area contributed by atoms with Gasteiger partial charge in [0, 0.05) is 11.1 Å². The molecule has 0 heterocycles. The number of fused-ring (bicyclic) bond motifs is 1. The smallest absolute Gasteiger partial charge is 0.191 e. The number of likely N-dealkylation sites (N-methyl/N-ethyl adjacent to an activating group) is 1. The summed E-state index contributed by atoms with van der Waals surface area (Å²) in [5.74, 6) is 0.124. The number of benzene rings is 2. The summed E-state index contributed by atoms with van der Waals surface area (Å²) < 4.78 is 0. The summed E-state index contributed by atoms with van der Waals surface area (Å²) in [7, 11) is 1.89. The van der Waals surface area contributed by atoms with Crippen molar-refractivity contribution in [2.45, 2.75) is 6.04 Å². The van der Waals surface area contributed by atoms with Gasteiger partial charge in [-0.2, -0.15) is 0 Å². The minimum atomic E-state index is -0.0103. The van der Waals surface area contributed by atoms with E-state index >= 15 is 0 Å². The van der Waals surface area contributed by atoms with E-state index in [-0.39, 0.29) is 11.8 Å². The first-order chi connectivity index (χ1) is 9.31. The van der Waals surface area contributed by atoms with Gasteiger partial charge >= 0.3 is 0 Å². The molecule has 2 aromatic rings. The number of ketones is 1. The third-order valence-electron chi connectivity index (χ3n) is 3.50. The number of Topliss-reactive ketones (excluding diaryl/α,β-unsaturated/α-hetero) is 1. The highest BCUT2D eigenvalue weighted by Gasteiger charge is 2.32. The molecule has 1 unspecified atom stereocenters. The summed E-state index contributed by atoms with van der Waals surface area (Å²) in [5, 5.41) is 3.23. The van der Waals surface area contributed by atoms with Gasteiger partial charge in [0.25, 0.3) is 0 Å². The molecule has 0 aromatic heterocycles. The van der Waals surface area contributed by atoms with Crippen LogP contribution in [0.25, 0.3) is 6.08 Å². The summed E-state index contributed by atoms with van der Waals surface area (Å²) in [5.41, 5.74) is 3.75. The van der Waals surface area contributed by atoms with Gasteiger partial charge in [0.05, 0.1) is 6.04 Å². The lowest BCUT2D eigenvalue weighted by molar-refractivity contribution is 0.103. The Bertz CT molecular complexity index is 643. The Morgan fingerprint density at radius 1 is 1.00 bits per heavy atom. The van der Waals surface area contributed by atoms with E-state index < -0.39 is 0 Å². The van der Waals surface area contributed by atoms with Crippen molar-refractivity contribution in [3.05, 3.63) is 76.9 Å². The molecule has 2 aromatic carbocycles. The molecule has 1 aliphatic rings. The van der Waals surface area contributed by atoms with E-state index in [9.17, 15) is 4.79 Å². The molecule has 19 heavy (non-hydrogen) atoms. The molecule has 1 N–H and O–H groups in total. The summed E-state index contributed by atoms with van der Waals surface area (Å²) in [4.78, 5) is 12.5. The predicted octanol–water partition coefficient (Wildman–Crippen LogP) is 3.23. The zero-order chi connectivity index (χ0) is 13.2. The monoisotopic (exact) mass is 249 g/mol. The van der Waals surface area contributed by atoms with Crippen LogP contribution < -0.4 is 5.32 Å². The summed E-state index contributed by atoms with van der Waals surface area (Å²) in [6, 6.07) is 17.7. The third kappa shape index (κ3) is 2.00. The Hall–Kier alpha value is -2.19. The fourth-order valence-electron chi connectivity index (χ4n) is 2.60. The topological polar surface area (TPSA) is 29.1 Å². The molecule has 3 rings (SSSR count). The van der Waals surface area contributed by atoms with Gasteiger partial charge in [0.1, 0.15) is 0 Å². The fraction of sp³-hybridized carbons (Fsp3) is 0.118. The van der Waals surface area contributed by atoms with Crippen LogP contribution in [0.5, 0.6) is 0 Å². The van der Waals surface area contributed by atoms with Crippen molar-refractivity contribution in [1.29, 1.82) is 0 Å². The van der Waals surface area contributed by atoms with Gasteiger partial charge in [-0.15, -0.1) is 0 Å². The van der Waals surface area contributed by atoms with E-state index in [0.29, 0.717) is 0 Å². The maximum absolute atomic E-state index is 12.5. The van der Waals surface area contributed by atoms with Crippen LogP contribution in [-0.2, 0) is 0 Å². The Labute approximate surface area is 112 Å². The van der Waals surface area contributed by atoms with E-state index in [1.165, 1.54) is 0 Å². The average molecular weight is 249 g/mol. The van der Waals surface area contributed by atoms with Gasteiger partial charge < -0.3 is 5.32 Å². The van der Waals surface area contributed by atoms with Gasteiger partial charge in [0.2, 0.25) is 0 Å². The number of rotatable bonds is 2. The second-order valence-electron chi connectivity index (χ2n) is 4.65. The first-order valence-electron chi connectivity index (χ1n) is 6.39. The van der Waals surface area contributed by atoms with Crippen molar-refractivity contribution in [3.63, 3.8) is 0 Å². The summed E-state index contributed by atoms with van der Waals surface area (Å²) in [6.45, 7) is 0. The number of nitrogens with one attached hydrogen (secondary N) is 1. The lowest BCUT2D eigenvalue weighted by Gasteiger charge is -2.11. The zero-order valence-electron chi connectivity index (χ0n) is 10.8. The minimum absolute atomic E-state index is 0.0103. The molecule has 0 saturated carbocycles. The van der Waals surface area contributed by atoms with Crippen LogP contribution in [0, 0.1) is 0 Å². The van der Waals surface area contributed by atoms with Crippen molar-refractivity contribution in [2.24, 2.45) is 0 Å². The van der Waals surface area contributed by atoms with E-state index in [4.69, 9.17) is 0 Å². The van der Waals surface area contributed by atoms with Gasteiger partial charge in [0.15, 0.2) is 5.78 Å². The predicted molar refractivity (Wildman–Crippen MR) is 77.0 cm³/mol. The normalized spacial score (nSPS) is 19.7. The van der Waals surface area contributed by atoms with E-state index in [1.807, 2.05) is 67.7 Å². The van der Waals surface area contributed by atoms with Crippen LogP contribution >= 0.6 is 0 Å². The molecule has 1 atom stereocenters. The molecule has 0 radical (unpaired) electrons. The van der Waals surface area contributed by atoms with Gasteiger partial charge in [-0.3, -0.25) is 4.79 Å². The van der Waals surface area contributed by atoms with E-state index in [1.54, 1.807) is 0 Å². The molecule has 94 valence electrons. The number of carbonyl (C=O) groups excluding carboxylic acids is 1. The molecular weight excluding hydrogens is 234 g/mol. The van der Waals surface area contributed by atoms with Crippen LogP contribution in [0.1, 0.15) is 27.5 Å². The van der Waals surface area contributed by atoms with E-state index in [2.05, 4.69) is 5.32 Å². The SMILES string of the molecule is CNC1C(=Cc2ccccc2)C(=O)c2ccccc21. The van der Waals surface area contributed by atoms with Crippen molar-refractivity contribution in [2.75, 3.05) is 7.05 Å². The van der Waals surface area contributed by atoms with Crippen LogP contribution in [0.3, 0.4) is 0 Å². The lowest BCUT2D eigenvalue weighted by Crippen LogP contribution is -2.16. The molecule has 0 spiro atoms. The molecule has 0 bridgehead atoms. The Balaban J connectivity index is 2.09. The van der Waals surface area contributed by atoms with Gasteiger partial charge in [-0.05, 0) is 24.3 Å². The standard InChI is InChI=1S/C17H15NO/c1-18-16-13-9-5-6-10-14(13)17(19)15(16)11-12-7-3-2-4-8-12/h2-11,16,18H,1H3. The molecule has 2 nitrogen and oxygen atoms in total. The maximum Gasteiger partial charge on any atom is 0.191 e. The molecule has 0 aliphatic heterocycles. The van der Waals surface area contributed by atoms with Crippen LogP contribution in [0.2, 0.25) is 0 Å². The Morgan fingerprint density at radius 3 is 2.42 bits per heavy atom. The van der Waals surface area contributed by atoms with Crippen molar-refractivity contribution >= 4 is 11.9 Å². The zero-order valence-corrected chi connectivity index (χ0v) is 10.8. The molecule has 0 fully saturated rings. The molecular formula is C17H15NO. The average Bonchev–Trinajstić information content (AvgIpc) is 2.73. The van der Waals surface area contributed by atoms with Gasteiger partial charge in [-0.25, -0.2) is 0 Å². The number of hydrogen-bond donors (Lipinski definition) is 1.